The average Bonchev–Trinajstić information content (AvgIpc) is 2.90. The van der Waals surface area contributed by atoms with E-state index in [4.69, 9.17) is 20.2 Å². The third kappa shape index (κ3) is 3.54. The number of benzene rings is 2. The number of halogens is 1. The molecule has 0 atom stereocenters. The molecule has 7 heteroatoms. The van der Waals surface area contributed by atoms with Gasteiger partial charge in [0, 0.05) is 17.0 Å². The Balaban J connectivity index is 1.80. The van der Waals surface area contributed by atoms with Crippen LogP contribution in [0.4, 0.5) is 0 Å². The van der Waals surface area contributed by atoms with Crippen LogP contribution in [0.15, 0.2) is 50.5 Å². The van der Waals surface area contributed by atoms with Crippen LogP contribution in [0.3, 0.4) is 0 Å². The van der Waals surface area contributed by atoms with Crippen molar-refractivity contribution in [3.8, 4) is 5.75 Å². The highest BCUT2D eigenvalue weighted by molar-refractivity contribution is 7.87. The van der Waals surface area contributed by atoms with E-state index in [1.165, 1.54) is 18.2 Å². The maximum atomic E-state index is 12.6. The molecule has 4 rings (SSSR count). The van der Waals surface area contributed by atoms with Crippen LogP contribution < -0.4 is 9.81 Å². The van der Waals surface area contributed by atoms with Crippen molar-refractivity contribution in [1.29, 1.82) is 0 Å². The number of aryl methyl sites for hydroxylation is 2. The van der Waals surface area contributed by atoms with Crippen LogP contribution in [0.25, 0.3) is 11.0 Å². The lowest BCUT2D eigenvalue weighted by atomic mass is 10.0. The zero-order valence-electron chi connectivity index (χ0n) is 15.3. The lowest BCUT2D eigenvalue weighted by Crippen LogP contribution is -2.12. The summed E-state index contributed by atoms with van der Waals surface area (Å²) < 4.78 is 35.9. The van der Waals surface area contributed by atoms with Crippen LogP contribution in [0, 0.1) is 6.92 Å². The second-order valence-corrected chi connectivity index (χ2v) is 8.99. The first kappa shape index (κ1) is 19.0. The number of rotatable bonds is 3. The van der Waals surface area contributed by atoms with Crippen molar-refractivity contribution in [1.82, 2.24) is 0 Å². The van der Waals surface area contributed by atoms with Gasteiger partial charge in [-0.15, -0.1) is 0 Å². The highest BCUT2D eigenvalue weighted by Gasteiger charge is 2.22. The Bertz CT molecular complexity index is 1210. The molecule has 0 fully saturated rings. The van der Waals surface area contributed by atoms with Crippen molar-refractivity contribution in [3.05, 3.63) is 68.5 Å². The van der Waals surface area contributed by atoms with E-state index in [1.54, 1.807) is 18.2 Å². The first-order chi connectivity index (χ1) is 13.3. The largest absolute Gasteiger partial charge is 0.422 e. The van der Waals surface area contributed by atoms with Crippen molar-refractivity contribution in [2.75, 3.05) is 0 Å². The summed E-state index contributed by atoms with van der Waals surface area (Å²) in [6.45, 7) is 1.86. The summed E-state index contributed by atoms with van der Waals surface area (Å²) in [5, 5.41) is 0.894. The van der Waals surface area contributed by atoms with E-state index in [0.717, 1.165) is 42.2 Å². The molecular weight excluding hydrogens is 400 g/mol. The van der Waals surface area contributed by atoms with Crippen molar-refractivity contribution < 1.29 is 17.0 Å². The van der Waals surface area contributed by atoms with Gasteiger partial charge in [-0.2, -0.15) is 8.42 Å². The van der Waals surface area contributed by atoms with Gasteiger partial charge in [0.1, 0.15) is 10.5 Å². The Morgan fingerprint density at radius 3 is 2.39 bits per heavy atom. The van der Waals surface area contributed by atoms with E-state index in [9.17, 15) is 13.2 Å². The lowest BCUT2D eigenvalue weighted by molar-refractivity contribution is 0.485. The lowest BCUT2D eigenvalue weighted by Gasteiger charge is -2.12. The highest BCUT2D eigenvalue weighted by atomic mass is 35.5. The summed E-state index contributed by atoms with van der Waals surface area (Å²) in [6, 6.07) is 9.33. The average molecular weight is 419 g/mol. The van der Waals surface area contributed by atoms with Crippen molar-refractivity contribution in [2.45, 2.75) is 43.9 Å². The third-order valence-corrected chi connectivity index (χ3v) is 6.58. The zero-order chi connectivity index (χ0) is 19.9. The summed E-state index contributed by atoms with van der Waals surface area (Å²) >= 11 is 6.34. The van der Waals surface area contributed by atoms with Gasteiger partial charge < -0.3 is 8.60 Å². The fourth-order valence-electron chi connectivity index (χ4n) is 3.56. The maximum absolute atomic E-state index is 12.6. The zero-order valence-corrected chi connectivity index (χ0v) is 16.9. The molecule has 0 N–H and O–H groups in total. The first-order valence-corrected chi connectivity index (χ1v) is 10.9. The summed E-state index contributed by atoms with van der Waals surface area (Å²) in [5.41, 5.74) is 2.48. The minimum absolute atomic E-state index is 0.0256. The van der Waals surface area contributed by atoms with E-state index >= 15 is 0 Å². The van der Waals surface area contributed by atoms with Gasteiger partial charge in [-0.25, -0.2) is 4.79 Å². The minimum atomic E-state index is -4.06. The van der Waals surface area contributed by atoms with Crippen LogP contribution in [0.1, 0.15) is 36.0 Å². The van der Waals surface area contributed by atoms with Gasteiger partial charge in [-0.05, 0) is 56.4 Å². The Morgan fingerprint density at radius 2 is 1.68 bits per heavy atom. The fraction of sp³-hybridized carbons (Fsp3) is 0.286. The molecule has 0 aliphatic heterocycles. The summed E-state index contributed by atoms with van der Waals surface area (Å²) in [5.74, 6) is -0.0635. The van der Waals surface area contributed by atoms with Crippen LogP contribution in [-0.2, 0) is 23.0 Å². The number of hydrogen-bond acceptors (Lipinski definition) is 5. The maximum Gasteiger partial charge on any atom is 0.339 e. The Kier molecular flexibility index (Phi) is 4.93. The molecule has 0 saturated carbocycles. The normalized spacial score (nSPS) is 14.5. The molecule has 1 aliphatic rings. The van der Waals surface area contributed by atoms with Gasteiger partial charge in [0.05, 0.1) is 5.02 Å². The molecule has 0 radical (unpaired) electrons. The monoisotopic (exact) mass is 418 g/mol. The van der Waals surface area contributed by atoms with Crippen molar-refractivity contribution in [3.63, 3.8) is 0 Å². The van der Waals surface area contributed by atoms with E-state index in [2.05, 4.69) is 0 Å². The molecule has 3 aromatic rings. The van der Waals surface area contributed by atoms with E-state index < -0.39 is 10.1 Å². The molecule has 1 heterocycles. The minimum Gasteiger partial charge on any atom is -0.422 e. The van der Waals surface area contributed by atoms with Gasteiger partial charge in [-0.3, -0.25) is 0 Å². The summed E-state index contributed by atoms with van der Waals surface area (Å²) in [6.07, 6.45) is 4.45. The second kappa shape index (κ2) is 7.26. The van der Waals surface area contributed by atoms with Crippen LogP contribution in [0.2, 0.25) is 5.02 Å². The standard InChI is InChI=1S/C21H19ClO5S/c1-13-7-9-14(10-8-13)28(24,25)27-20-12-19-17(11-18(20)22)15-5-3-2-4-6-16(15)21(23)26-19/h7-12H,2-6H2,1H3. The molecule has 1 aliphatic carbocycles. The fourth-order valence-corrected chi connectivity index (χ4v) is 4.74. The van der Waals surface area contributed by atoms with Crippen LogP contribution in [0.5, 0.6) is 5.75 Å². The topological polar surface area (TPSA) is 73.6 Å². The second-order valence-electron chi connectivity index (χ2n) is 7.04. The van der Waals surface area contributed by atoms with Gasteiger partial charge in [0.15, 0.2) is 5.75 Å². The molecule has 0 bridgehead atoms. The molecule has 1 aromatic heterocycles. The van der Waals surface area contributed by atoms with Gasteiger partial charge in [0.2, 0.25) is 0 Å². The quantitative estimate of drug-likeness (QED) is 0.347. The predicted octanol–water partition coefficient (Wildman–Crippen LogP) is 4.79. The Hall–Kier alpha value is -2.31. The van der Waals surface area contributed by atoms with E-state index in [1.807, 2.05) is 6.92 Å². The highest BCUT2D eigenvalue weighted by Crippen LogP contribution is 2.35. The van der Waals surface area contributed by atoms with E-state index in [-0.39, 0.29) is 26.9 Å². The molecule has 0 saturated heterocycles. The van der Waals surface area contributed by atoms with Gasteiger partial charge in [-0.1, -0.05) is 35.7 Å². The molecule has 0 spiro atoms. The van der Waals surface area contributed by atoms with Crippen LogP contribution in [-0.4, -0.2) is 8.42 Å². The summed E-state index contributed by atoms with van der Waals surface area (Å²) in [4.78, 5) is 12.4. The SMILES string of the molecule is Cc1ccc(S(=O)(=O)Oc2cc3oc(=O)c4c(c3cc2Cl)CCCCC4)cc1. The molecular formula is C21H19ClO5S. The molecule has 28 heavy (non-hydrogen) atoms. The molecule has 146 valence electrons. The molecule has 2 aromatic carbocycles. The number of fused-ring (bicyclic) bond motifs is 3. The molecule has 0 amide bonds. The predicted molar refractivity (Wildman–Crippen MR) is 108 cm³/mol. The van der Waals surface area contributed by atoms with E-state index in [0.29, 0.717) is 12.0 Å². The molecule has 0 unspecified atom stereocenters. The first-order valence-electron chi connectivity index (χ1n) is 9.14. The smallest absolute Gasteiger partial charge is 0.339 e. The van der Waals surface area contributed by atoms with Crippen molar-refractivity contribution >= 4 is 32.7 Å². The summed E-state index contributed by atoms with van der Waals surface area (Å²) in [7, 11) is -4.06. The number of hydrogen-bond donors (Lipinski definition) is 0. The third-order valence-electron chi connectivity index (χ3n) is 5.04. The van der Waals surface area contributed by atoms with Crippen LogP contribution >= 0.6 is 11.6 Å². The Morgan fingerprint density at radius 1 is 1.00 bits per heavy atom. The van der Waals surface area contributed by atoms with Crippen molar-refractivity contribution in [2.24, 2.45) is 0 Å². The van der Waals surface area contributed by atoms with Gasteiger partial charge >= 0.3 is 15.7 Å². The molecule has 5 nitrogen and oxygen atoms in total. The van der Waals surface area contributed by atoms with Gasteiger partial charge in [0.25, 0.3) is 0 Å². The Labute approximate surface area is 168 Å².